The Bertz CT molecular complexity index is 296. The lowest BCUT2D eigenvalue weighted by Gasteiger charge is -2.68. The minimum absolute atomic E-state index is 0.557. The minimum atomic E-state index is 0.557. The van der Waals surface area contributed by atoms with Crippen LogP contribution in [-0.4, -0.2) is 0 Å². The summed E-state index contributed by atoms with van der Waals surface area (Å²) in [6.45, 7) is 9.86. The predicted molar refractivity (Wildman–Crippen MR) is 69.3 cm³/mol. The Kier molecular flexibility index (Phi) is 1.88. The van der Waals surface area contributed by atoms with Gasteiger partial charge in [0.2, 0.25) is 0 Å². The average Bonchev–Trinajstić information content (AvgIpc) is 1.91. The first kappa shape index (κ1) is 10.9. The van der Waals surface area contributed by atoms with Gasteiger partial charge in [-0.05, 0) is 67.1 Å². The van der Waals surface area contributed by atoms with Crippen molar-refractivity contribution < 1.29 is 0 Å². The van der Waals surface area contributed by atoms with E-state index in [2.05, 4.69) is 39.8 Å². The van der Waals surface area contributed by atoms with Crippen molar-refractivity contribution in [1.82, 2.24) is 0 Å². The molecule has 0 saturated heterocycles. The minimum Gasteiger partial charge on any atom is -0.0911 e. The van der Waals surface area contributed by atoms with Gasteiger partial charge in [0, 0.05) is 0 Å². The molecule has 0 amide bonds. The van der Waals surface area contributed by atoms with Gasteiger partial charge >= 0.3 is 0 Å². The summed E-state index contributed by atoms with van der Waals surface area (Å²) >= 11 is 0. The van der Waals surface area contributed by atoms with Gasteiger partial charge in [-0.1, -0.05) is 32.9 Å². The van der Waals surface area contributed by atoms with E-state index in [0.29, 0.717) is 21.7 Å². The fourth-order valence-electron chi connectivity index (χ4n) is 6.92. The van der Waals surface area contributed by atoms with E-state index in [1.165, 1.54) is 38.5 Å². The molecule has 0 spiro atoms. The van der Waals surface area contributed by atoms with Gasteiger partial charge in [0.05, 0.1) is 0 Å². The second-order valence-electron chi connectivity index (χ2n) is 8.36. The molecule has 0 radical (unpaired) electrons. The average molecular weight is 218 g/mol. The fourth-order valence-corrected chi connectivity index (χ4v) is 6.92. The van der Waals surface area contributed by atoms with E-state index in [4.69, 9.17) is 0 Å². The second-order valence-corrected chi connectivity index (χ2v) is 8.36. The molecule has 4 bridgehead atoms. The van der Waals surface area contributed by atoms with Gasteiger partial charge < -0.3 is 0 Å². The molecular weight excluding hydrogens is 192 g/mol. The predicted octanol–water partition coefficient (Wildman–Crippen LogP) is 4.95. The van der Waals surface area contributed by atoms with Crippen molar-refractivity contribution in [2.75, 3.05) is 0 Å². The highest BCUT2D eigenvalue weighted by atomic mass is 14.7. The molecule has 0 aliphatic heterocycles. The Morgan fingerprint density at radius 3 is 1.38 bits per heavy atom. The summed E-state index contributed by atoms with van der Waals surface area (Å²) in [4.78, 5) is 0. The van der Waals surface area contributed by atoms with Crippen LogP contribution in [-0.2, 0) is 0 Å². The van der Waals surface area contributed by atoms with E-state index in [-0.39, 0.29) is 0 Å². The fraction of sp³-hybridized carbons (Fsp3) is 0.875. The quantitative estimate of drug-likeness (QED) is 0.546. The number of hydrogen-bond donors (Lipinski definition) is 0. The maximum absolute atomic E-state index is 2.55. The molecule has 4 rings (SSSR count). The topological polar surface area (TPSA) is 0 Å². The van der Waals surface area contributed by atoms with E-state index in [1.54, 1.807) is 0 Å². The molecule has 0 aromatic heterocycles. The summed E-state index contributed by atoms with van der Waals surface area (Å²) in [5, 5.41) is 0. The van der Waals surface area contributed by atoms with Gasteiger partial charge in [0.15, 0.2) is 0 Å². The van der Waals surface area contributed by atoms with Crippen LogP contribution in [0.1, 0.15) is 66.2 Å². The van der Waals surface area contributed by atoms with Crippen molar-refractivity contribution in [2.45, 2.75) is 66.2 Å². The third-order valence-electron chi connectivity index (χ3n) is 5.42. The van der Waals surface area contributed by atoms with Crippen molar-refractivity contribution in [3.05, 3.63) is 12.2 Å². The van der Waals surface area contributed by atoms with Crippen molar-refractivity contribution in [1.29, 1.82) is 0 Å². The Labute approximate surface area is 101 Å². The zero-order valence-electron chi connectivity index (χ0n) is 11.4. The molecule has 4 aliphatic carbocycles. The monoisotopic (exact) mass is 218 g/mol. The van der Waals surface area contributed by atoms with Crippen molar-refractivity contribution in [3.8, 4) is 0 Å². The molecule has 4 fully saturated rings. The molecule has 0 atom stereocenters. The van der Waals surface area contributed by atoms with Crippen LogP contribution in [0.3, 0.4) is 0 Å². The summed E-state index contributed by atoms with van der Waals surface area (Å²) in [5.41, 5.74) is 2.47. The summed E-state index contributed by atoms with van der Waals surface area (Å²) < 4.78 is 0. The molecule has 0 heteroatoms. The van der Waals surface area contributed by atoms with Crippen molar-refractivity contribution in [2.24, 2.45) is 21.7 Å². The molecule has 0 unspecified atom stereocenters. The van der Waals surface area contributed by atoms with Crippen LogP contribution in [0, 0.1) is 21.7 Å². The highest BCUT2D eigenvalue weighted by Gasteiger charge is 2.62. The first-order valence-corrected chi connectivity index (χ1v) is 6.94. The molecule has 16 heavy (non-hydrogen) atoms. The van der Waals surface area contributed by atoms with Crippen LogP contribution in [0.15, 0.2) is 12.2 Å². The van der Waals surface area contributed by atoms with E-state index in [9.17, 15) is 0 Å². The lowest BCUT2D eigenvalue weighted by molar-refractivity contribution is -0.165. The highest BCUT2D eigenvalue weighted by molar-refractivity contribution is 5.19. The lowest BCUT2D eigenvalue weighted by Crippen LogP contribution is -2.58. The van der Waals surface area contributed by atoms with Crippen molar-refractivity contribution in [3.63, 3.8) is 0 Å². The van der Waals surface area contributed by atoms with Crippen LogP contribution in [0.25, 0.3) is 0 Å². The van der Waals surface area contributed by atoms with E-state index >= 15 is 0 Å². The molecule has 0 N–H and O–H groups in total. The van der Waals surface area contributed by atoms with Crippen molar-refractivity contribution >= 4 is 0 Å². The highest BCUT2D eigenvalue weighted by Crippen LogP contribution is 2.73. The zero-order chi connectivity index (χ0) is 11.7. The Morgan fingerprint density at radius 1 is 0.688 bits per heavy atom. The van der Waals surface area contributed by atoms with Crippen LogP contribution in [0.4, 0.5) is 0 Å². The largest absolute Gasteiger partial charge is 0.0911 e. The van der Waals surface area contributed by atoms with E-state index in [1.807, 2.05) is 0 Å². The maximum atomic E-state index is 2.55. The van der Waals surface area contributed by atoms with Gasteiger partial charge in [-0.25, -0.2) is 0 Å². The lowest BCUT2D eigenvalue weighted by atomic mass is 9.36. The Balaban J connectivity index is 2.07. The normalized spacial score (nSPS) is 59.8. The summed E-state index contributed by atoms with van der Waals surface area (Å²) in [6.07, 6.45) is 13.7. The molecule has 4 aliphatic rings. The summed E-state index contributed by atoms with van der Waals surface area (Å²) in [7, 11) is 0. The third-order valence-corrected chi connectivity index (χ3v) is 5.42. The summed E-state index contributed by atoms with van der Waals surface area (Å²) in [5.74, 6) is 0. The van der Waals surface area contributed by atoms with Crippen LogP contribution >= 0.6 is 0 Å². The Hall–Kier alpha value is -0.260. The second kappa shape index (κ2) is 2.76. The Morgan fingerprint density at radius 2 is 1.06 bits per heavy atom. The van der Waals surface area contributed by atoms with Gasteiger partial charge in [-0.2, -0.15) is 0 Å². The molecule has 0 aromatic carbocycles. The number of hydrogen-bond acceptors (Lipinski definition) is 0. The molecule has 0 heterocycles. The van der Waals surface area contributed by atoms with Crippen LogP contribution in [0.2, 0.25) is 0 Å². The van der Waals surface area contributed by atoms with Gasteiger partial charge in [-0.15, -0.1) is 0 Å². The summed E-state index contributed by atoms with van der Waals surface area (Å²) in [6, 6.07) is 0. The van der Waals surface area contributed by atoms with E-state index in [0.717, 1.165) is 0 Å². The van der Waals surface area contributed by atoms with Crippen LogP contribution < -0.4 is 0 Å². The smallest absolute Gasteiger partial charge is 0.0103 e. The first-order chi connectivity index (χ1) is 7.30. The van der Waals surface area contributed by atoms with E-state index < -0.39 is 0 Å². The molecule has 0 aromatic rings. The number of rotatable bonds is 1. The first-order valence-electron chi connectivity index (χ1n) is 6.94. The van der Waals surface area contributed by atoms with Gasteiger partial charge in [-0.3, -0.25) is 0 Å². The molecular formula is C16H26. The third kappa shape index (κ3) is 1.41. The molecule has 4 saturated carbocycles. The molecule has 0 nitrogen and oxygen atoms in total. The van der Waals surface area contributed by atoms with Gasteiger partial charge in [0.25, 0.3) is 0 Å². The maximum Gasteiger partial charge on any atom is -0.0103 e. The van der Waals surface area contributed by atoms with Crippen LogP contribution in [0.5, 0.6) is 0 Å². The zero-order valence-corrected chi connectivity index (χ0v) is 11.4. The number of allylic oxidation sites excluding steroid dienone is 2. The standard InChI is InChI=1S/C16H26/c1-5-6-16-10-13(2)7-14(3,11-16)9-15(4,8-13)12-16/h5-6H,7-12H2,1-4H3. The SMILES string of the molecule is CC=CC12CC3(C)CC(C)(CC(C)(C3)C1)C2. The van der Waals surface area contributed by atoms with Gasteiger partial charge in [0.1, 0.15) is 0 Å². The molecule has 90 valence electrons.